The van der Waals surface area contributed by atoms with Gasteiger partial charge in [0.15, 0.2) is 9.84 Å². The fourth-order valence-electron chi connectivity index (χ4n) is 1.66. The Hall–Kier alpha value is -1.89. The summed E-state index contributed by atoms with van der Waals surface area (Å²) in [6.45, 7) is 1.81. The first-order valence-electron chi connectivity index (χ1n) is 6.09. The van der Waals surface area contributed by atoms with Gasteiger partial charge in [-0.3, -0.25) is 4.79 Å². The number of aliphatic carboxylic acids is 1. The third-order valence-corrected chi connectivity index (χ3v) is 3.82. The zero-order valence-electron chi connectivity index (χ0n) is 11.3. The quantitative estimate of drug-likeness (QED) is 0.818. The van der Waals surface area contributed by atoms with Crippen LogP contribution in [0.2, 0.25) is 0 Å². The van der Waals surface area contributed by atoms with Gasteiger partial charge in [-0.25, -0.2) is 13.2 Å². The minimum Gasteiger partial charge on any atom is -0.480 e. The number of carboxylic acid groups (broad SMARTS) is 1. The van der Waals surface area contributed by atoms with E-state index in [2.05, 4.69) is 5.32 Å². The Labute approximate surface area is 117 Å². The zero-order chi connectivity index (χ0) is 15.3. The molecule has 0 heterocycles. The van der Waals surface area contributed by atoms with Crippen LogP contribution >= 0.6 is 0 Å². The lowest BCUT2D eigenvalue weighted by Crippen LogP contribution is -2.40. The molecular formula is C13H17NO5S. The predicted molar refractivity (Wildman–Crippen MR) is 73.3 cm³/mol. The van der Waals surface area contributed by atoms with E-state index in [1.165, 1.54) is 24.3 Å². The molecule has 0 bridgehead atoms. The number of hydrogen-bond donors (Lipinski definition) is 2. The maximum atomic E-state index is 11.9. The van der Waals surface area contributed by atoms with E-state index in [1.54, 1.807) is 0 Å². The van der Waals surface area contributed by atoms with Crippen molar-refractivity contribution in [2.24, 2.45) is 0 Å². The Morgan fingerprint density at radius 1 is 1.35 bits per heavy atom. The predicted octanol–water partition coefficient (Wildman–Crippen LogP) is 1.07. The Bertz CT molecular complexity index is 609. The second kappa shape index (κ2) is 6.51. The molecule has 0 saturated carbocycles. The van der Waals surface area contributed by atoms with Gasteiger partial charge in [0.1, 0.15) is 6.04 Å². The van der Waals surface area contributed by atoms with Crippen LogP contribution in [0.3, 0.4) is 0 Å². The lowest BCUT2D eigenvalue weighted by Gasteiger charge is -2.13. The molecule has 0 aromatic heterocycles. The van der Waals surface area contributed by atoms with Gasteiger partial charge in [-0.1, -0.05) is 19.4 Å². The number of carbonyl (C=O) groups is 2. The smallest absolute Gasteiger partial charge is 0.326 e. The van der Waals surface area contributed by atoms with Crippen LogP contribution in [0.25, 0.3) is 0 Å². The molecule has 2 N–H and O–H groups in total. The Balaban J connectivity index is 2.95. The minimum absolute atomic E-state index is 0.0208. The molecule has 0 radical (unpaired) electrons. The van der Waals surface area contributed by atoms with Crippen LogP contribution in [0.15, 0.2) is 29.2 Å². The third-order valence-electron chi connectivity index (χ3n) is 2.71. The number of amides is 1. The zero-order valence-corrected chi connectivity index (χ0v) is 12.1. The van der Waals surface area contributed by atoms with Crippen LogP contribution in [0, 0.1) is 0 Å². The van der Waals surface area contributed by atoms with Gasteiger partial charge >= 0.3 is 5.97 Å². The molecule has 0 aliphatic heterocycles. The first-order valence-corrected chi connectivity index (χ1v) is 7.98. The molecule has 20 heavy (non-hydrogen) atoms. The molecular weight excluding hydrogens is 282 g/mol. The first kappa shape index (κ1) is 16.2. The van der Waals surface area contributed by atoms with E-state index in [4.69, 9.17) is 5.11 Å². The largest absolute Gasteiger partial charge is 0.480 e. The molecule has 7 heteroatoms. The standard InChI is InChI=1S/C13H17NO5S/c1-3-5-11(13(16)17)14-12(15)9-6-4-7-10(8-9)20(2,18)19/h4,6-8,11H,3,5H2,1-2H3,(H,14,15)(H,16,17)/t11-/m1/s1. The summed E-state index contributed by atoms with van der Waals surface area (Å²) in [6, 6.07) is 4.52. The van der Waals surface area contributed by atoms with Crippen molar-refractivity contribution in [3.05, 3.63) is 29.8 Å². The van der Waals surface area contributed by atoms with E-state index >= 15 is 0 Å². The molecule has 6 nitrogen and oxygen atoms in total. The number of benzene rings is 1. The topological polar surface area (TPSA) is 101 Å². The minimum atomic E-state index is -3.41. The molecule has 110 valence electrons. The van der Waals surface area contributed by atoms with Gasteiger partial charge < -0.3 is 10.4 Å². The van der Waals surface area contributed by atoms with E-state index in [0.717, 1.165) is 6.26 Å². The van der Waals surface area contributed by atoms with Gasteiger partial charge in [0, 0.05) is 11.8 Å². The number of nitrogens with one attached hydrogen (secondary N) is 1. The Morgan fingerprint density at radius 2 is 2.00 bits per heavy atom. The van der Waals surface area contributed by atoms with Crippen LogP contribution in [0.4, 0.5) is 0 Å². The third kappa shape index (κ3) is 4.34. The highest BCUT2D eigenvalue weighted by atomic mass is 32.2. The van der Waals surface area contributed by atoms with Crippen molar-refractivity contribution in [3.63, 3.8) is 0 Å². The SMILES string of the molecule is CCC[C@@H](NC(=O)c1cccc(S(C)(=O)=O)c1)C(=O)O. The molecule has 1 amide bonds. The molecule has 0 fully saturated rings. The lowest BCUT2D eigenvalue weighted by molar-refractivity contribution is -0.139. The van der Waals surface area contributed by atoms with Crippen LogP contribution in [-0.2, 0) is 14.6 Å². The highest BCUT2D eigenvalue weighted by molar-refractivity contribution is 7.90. The van der Waals surface area contributed by atoms with Crippen LogP contribution in [-0.4, -0.2) is 37.7 Å². The number of sulfone groups is 1. The average molecular weight is 299 g/mol. The number of rotatable bonds is 6. The molecule has 0 aliphatic rings. The number of hydrogen-bond acceptors (Lipinski definition) is 4. The van der Waals surface area contributed by atoms with Crippen LogP contribution in [0.1, 0.15) is 30.1 Å². The van der Waals surface area contributed by atoms with Crippen molar-refractivity contribution in [1.82, 2.24) is 5.32 Å². The summed E-state index contributed by atoms with van der Waals surface area (Å²) in [4.78, 5) is 22.9. The molecule has 1 aromatic rings. The van der Waals surface area contributed by atoms with Gasteiger partial charge in [0.25, 0.3) is 5.91 Å². The second-order valence-corrected chi connectivity index (χ2v) is 6.47. The van der Waals surface area contributed by atoms with Crippen molar-refractivity contribution in [1.29, 1.82) is 0 Å². The van der Waals surface area contributed by atoms with Gasteiger partial charge in [0.05, 0.1) is 4.90 Å². The summed E-state index contributed by atoms with van der Waals surface area (Å²) < 4.78 is 22.8. The highest BCUT2D eigenvalue weighted by Crippen LogP contribution is 2.11. The summed E-state index contributed by atoms with van der Waals surface area (Å²) >= 11 is 0. The van der Waals surface area contributed by atoms with E-state index in [9.17, 15) is 18.0 Å². The van der Waals surface area contributed by atoms with Crippen molar-refractivity contribution >= 4 is 21.7 Å². The molecule has 1 rings (SSSR count). The maximum Gasteiger partial charge on any atom is 0.326 e. The molecule has 1 atom stereocenters. The molecule has 1 aromatic carbocycles. The first-order chi connectivity index (χ1) is 9.25. The van der Waals surface area contributed by atoms with Crippen molar-refractivity contribution < 1.29 is 23.1 Å². The van der Waals surface area contributed by atoms with Gasteiger partial charge in [-0.05, 0) is 24.6 Å². The normalized spacial score (nSPS) is 12.7. The molecule has 0 spiro atoms. The number of carboxylic acids is 1. The molecule has 0 saturated heterocycles. The van der Waals surface area contributed by atoms with E-state index in [0.29, 0.717) is 12.8 Å². The van der Waals surface area contributed by atoms with E-state index < -0.39 is 27.8 Å². The van der Waals surface area contributed by atoms with Gasteiger partial charge in [-0.2, -0.15) is 0 Å². The summed E-state index contributed by atoms with van der Waals surface area (Å²) in [5.74, 6) is -1.71. The van der Waals surface area contributed by atoms with Crippen molar-refractivity contribution in [2.75, 3.05) is 6.26 Å². The summed E-state index contributed by atoms with van der Waals surface area (Å²) in [6.07, 6.45) is 1.97. The fourth-order valence-corrected chi connectivity index (χ4v) is 2.32. The summed E-state index contributed by atoms with van der Waals surface area (Å²) in [7, 11) is -3.41. The van der Waals surface area contributed by atoms with Crippen LogP contribution in [0.5, 0.6) is 0 Å². The highest BCUT2D eigenvalue weighted by Gasteiger charge is 2.20. The Morgan fingerprint density at radius 3 is 2.50 bits per heavy atom. The van der Waals surface area contributed by atoms with E-state index in [-0.39, 0.29) is 10.5 Å². The summed E-state index contributed by atoms with van der Waals surface area (Å²) in [5, 5.41) is 11.4. The number of carbonyl (C=O) groups excluding carboxylic acids is 1. The second-order valence-electron chi connectivity index (χ2n) is 4.45. The van der Waals surface area contributed by atoms with Crippen molar-refractivity contribution in [3.8, 4) is 0 Å². The maximum absolute atomic E-state index is 11.9. The lowest BCUT2D eigenvalue weighted by atomic mass is 10.1. The van der Waals surface area contributed by atoms with Gasteiger partial charge in [-0.15, -0.1) is 0 Å². The summed E-state index contributed by atoms with van der Waals surface area (Å²) in [5.41, 5.74) is 0.121. The fraction of sp³-hybridized carbons (Fsp3) is 0.385. The monoisotopic (exact) mass is 299 g/mol. The van der Waals surface area contributed by atoms with E-state index in [1.807, 2.05) is 6.92 Å². The molecule has 0 unspecified atom stereocenters. The van der Waals surface area contributed by atoms with Crippen molar-refractivity contribution in [2.45, 2.75) is 30.7 Å². The average Bonchev–Trinajstić information content (AvgIpc) is 2.37. The molecule has 0 aliphatic carbocycles. The van der Waals surface area contributed by atoms with Gasteiger partial charge in [0.2, 0.25) is 0 Å². The van der Waals surface area contributed by atoms with Crippen LogP contribution < -0.4 is 5.32 Å². The Kier molecular flexibility index (Phi) is 5.26.